The van der Waals surface area contributed by atoms with Gasteiger partial charge in [0.05, 0.1) is 5.69 Å². The van der Waals surface area contributed by atoms with E-state index in [-0.39, 0.29) is 0 Å². The zero-order chi connectivity index (χ0) is 13.1. The molecule has 1 heterocycles. The van der Waals surface area contributed by atoms with E-state index in [1.54, 1.807) is 35.3 Å². The summed E-state index contributed by atoms with van der Waals surface area (Å²) >= 11 is 0. The van der Waals surface area contributed by atoms with E-state index in [4.69, 9.17) is 10.5 Å². The molecule has 94 valence electrons. The van der Waals surface area contributed by atoms with Crippen LogP contribution in [-0.2, 0) is 0 Å². The summed E-state index contributed by atoms with van der Waals surface area (Å²) in [5.74, 6) is 0.653. The molecule has 0 fully saturated rings. The summed E-state index contributed by atoms with van der Waals surface area (Å²) in [6, 6.07) is 17.1. The topological polar surface area (TPSA) is 66.0 Å². The molecule has 0 spiro atoms. The lowest BCUT2D eigenvalue weighted by molar-refractivity contribution is 0.441. The molecule has 19 heavy (non-hydrogen) atoms. The van der Waals surface area contributed by atoms with Crippen LogP contribution in [0.5, 0.6) is 11.8 Å². The predicted octanol–water partition coefficient (Wildman–Crippen LogP) is 2.64. The Bertz CT molecular complexity index is 661. The summed E-state index contributed by atoms with van der Waals surface area (Å²) in [7, 11) is 0. The highest BCUT2D eigenvalue weighted by atomic mass is 16.5. The molecule has 5 heteroatoms. The number of rotatable bonds is 3. The zero-order valence-corrected chi connectivity index (χ0v) is 10.1. The van der Waals surface area contributed by atoms with Crippen LogP contribution >= 0.6 is 0 Å². The Morgan fingerprint density at radius 2 is 1.68 bits per heavy atom. The Morgan fingerprint density at radius 3 is 2.42 bits per heavy atom. The third kappa shape index (κ3) is 2.55. The molecular weight excluding hydrogens is 240 g/mol. The second-order valence-corrected chi connectivity index (χ2v) is 3.98. The maximum absolute atomic E-state index is 5.61. The van der Waals surface area contributed by atoms with E-state index >= 15 is 0 Å². The third-order valence-corrected chi connectivity index (χ3v) is 2.58. The van der Waals surface area contributed by atoms with Crippen molar-refractivity contribution in [2.45, 2.75) is 0 Å². The summed E-state index contributed by atoms with van der Waals surface area (Å²) in [5, 5.41) is 4.25. The van der Waals surface area contributed by atoms with Crippen LogP contribution in [0.3, 0.4) is 0 Å². The second-order valence-electron chi connectivity index (χ2n) is 3.98. The molecule has 0 atom stereocenters. The van der Waals surface area contributed by atoms with Crippen LogP contribution < -0.4 is 10.5 Å². The first-order chi connectivity index (χ1) is 9.31. The van der Waals surface area contributed by atoms with Crippen LogP contribution in [0.2, 0.25) is 0 Å². The summed E-state index contributed by atoms with van der Waals surface area (Å²) in [6.45, 7) is 0. The Hall–Kier alpha value is -2.82. The van der Waals surface area contributed by atoms with E-state index in [2.05, 4.69) is 10.1 Å². The van der Waals surface area contributed by atoms with Crippen LogP contribution in [0.1, 0.15) is 0 Å². The van der Waals surface area contributed by atoms with Crippen molar-refractivity contribution in [1.82, 2.24) is 14.8 Å². The standard InChI is InChI=1S/C14H12N4O/c15-11-6-8-13(9-7-11)19-14-16-10-18(17-14)12-4-2-1-3-5-12/h1-10H,15H2. The quantitative estimate of drug-likeness (QED) is 0.728. The van der Waals surface area contributed by atoms with Gasteiger partial charge in [0.1, 0.15) is 12.1 Å². The molecule has 0 unspecified atom stereocenters. The molecule has 0 radical (unpaired) electrons. The average Bonchev–Trinajstić information content (AvgIpc) is 2.91. The Balaban J connectivity index is 1.80. The molecule has 0 aliphatic heterocycles. The number of para-hydroxylation sites is 1. The monoisotopic (exact) mass is 252 g/mol. The number of hydrogen-bond acceptors (Lipinski definition) is 4. The van der Waals surface area contributed by atoms with Crippen molar-refractivity contribution in [3.8, 4) is 17.4 Å². The number of benzene rings is 2. The first-order valence-corrected chi connectivity index (χ1v) is 5.82. The maximum Gasteiger partial charge on any atom is 0.341 e. The number of nitrogens with two attached hydrogens (primary N) is 1. The Labute approximate surface area is 110 Å². The zero-order valence-electron chi connectivity index (χ0n) is 10.1. The van der Waals surface area contributed by atoms with Crippen molar-refractivity contribution < 1.29 is 4.74 Å². The van der Waals surface area contributed by atoms with Gasteiger partial charge in [-0.05, 0) is 36.4 Å². The molecule has 0 saturated carbocycles. The first kappa shape index (κ1) is 11.3. The van der Waals surface area contributed by atoms with E-state index in [9.17, 15) is 0 Å². The van der Waals surface area contributed by atoms with Gasteiger partial charge in [0.15, 0.2) is 0 Å². The molecule has 0 aliphatic carbocycles. The van der Waals surface area contributed by atoms with Gasteiger partial charge in [-0.15, -0.1) is 5.10 Å². The number of hydrogen-bond donors (Lipinski definition) is 1. The Morgan fingerprint density at radius 1 is 0.947 bits per heavy atom. The van der Waals surface area contributed by atoms with Gasteiger partial charge in [0, 0.05) is 5.69 Å². The van der Waals surface area contributed by atoms with Crippen molar-refractivity contribution in [2.75, 3.05) is 5.73 Å². The van der Waals surface area contributed by atoms with Gasteiger partial charge in [0.2, 0.25) is 0 Å². The van der Waals surface area contributed by atoms with Gasteiger partial charge in [-0.1, -0.05) is 18.2 Å². The summed E-state index contributed by atoms with van der Waals surface area (Å²) in [5.41, 5.74) is 7.23. The highest BCUT2D eigenvalue weighted by Crippen LogP contribution is 2.19. The minimum Gasteiger partial charge on any atom is -0.423 e. The van der Waals surface area contributed by atoms with Crippen molar-refractivity contribution in [1.29, 1.82) is 0 Å². The highest BCUT2D eigenvalue weighted by Gasteiger charge is 2.04. The highest BCUT2D eigenvalue weighted by molar-refractivity contribution is 5.42. The minimum atomic E-state index is 0.300. The number of anilines is 1. The van der Waals surface area contributed by atoms with Crippen LogP contribution in [0.4, 0.5) is 5.69 Å². The molecular formula is C14H12N4O. The van der Waals surface area contributed by atoms with Crippen LogP contribution in [0.15, 0.2) is 60.9 Å². The average molecular weight is 252 g/mol. The van der Waals surface area contributed by atoms with Gasteiger partial charge < -0.3 is 10.5 Å². The largest absolute Gasteiger partial charge is 0.423 e. The maximum atomic E-state index is 5.61. The number of aromatic nitrogens is 3. The fourth-order valence-corrected chi connectivity index (χ4v) is 1.64. The molecule has 2 aromatic carbocycles. The Kier molecular flexibility index (Phi) is 2.86. The van der Waals surface area contributed by atoms with Gasteiger partial charge >= 0.3 is 6.01 Å². The lowest BCUT2D eigenvalue weighted by atomic mass is 10.3. The molecule has 0 saturated heterocycles. The molecule has 0 amide bonds. The van der Waals surface area contributed by atoms with Crippen LogP contribution in [-0.4, -0.2) is 14.8 Å². The molecule has 3 rings (SSSR count). The molecule has 1 aromatic heterocycles. The van der Waals surface area contributed by atoms with Gasteiger partial charge in [-0.25, -0.2) is 4.68 Å². The van der Waals surface area contributed by atoms with Gasteiger partial charge in [-0.2, -0.15) is 4.98 Å². The van der Waals surface area contributed by atoms with Crippen molar-refractivity contribution in [3.63, 3.8) is 0 Å². The van der Waals surface area contributed by atoms with Crippen LogP contribution in [0.25, 0.3) is 5.69 Å². The first-order valence-electron chi connectivity index (χ1n) is 5.82. The van der Waals surface area contributed by atoms with Crippen molar-refractivity contribution in [3.05, 3.63) is 60.9 Å². The molecule has 5 nitrogen and oxygen atoms in total. The molecule has 0 bridgehead atoms. The normalized spacial score (nSPS) is 10.3. The fourth-order valence-electron chi connectivity index (χ4n) is 1.64. The fraction of sp³-hybridized carbons (Fsp3) is 0. The smallest absolute Gasteiger partial charge is 0.341 e. The predicted molar refractivity (Wildman–Crippen MR) is 72.3 cm³/mol. The van der Waals surface area contributed by atoms with Crippen LogP contribution in [0, 0.1) is 0 Å². The summed E-state index contributed by atoms with van der Waals surface area (Å²) in [4.78, 5) is 4.11. The number of nitrogen functional groups attached to an aromatic ring is 1. The van der Waals surface area contributed by atoms with E-state index in [1.165, 1.54) is 0 Å². The van der Waals surface area contributed by atoms with E-state index in [1.807, 2.05) is 30.3 Å². The SMILES string of the molecule is Nc1ccc(Oc2ncn(-c3ccccc3)n2)cc1. The minimum absolute atomic E-state index is 0.300. The molecule has 3 aromatic rings. The van der Waals surface area contributed by atoms with E-state index in [0.29, 0.717) is 17.4 Å². The van der Waals surface area contributed by atoms with Crippen molar-refractivity contribution in [2.24, 2.45) is 0 Å². The summed E-state index contributed by atoms with van der Waals surface area (Å²) in [6.07, 6.45) is 1.61. The van der Waals surface area contributed by atoms with Gasteiger partial charge in [-0.3, -0.25) is 0 Å². The third-order valence-electron chi connectivity index (χ3n) is 2.58. The van der Waals surface area contributed by atoms with Gasteiger partial charge in [0.25, 0.3) is 0 Å². The number of nitrogens with zero attached hydrogens (tertiary/aromatic N) is 3. The van der Waals surface area contributed by atoms with E-state index in [0.717, 1.165) is 5.69 Å². The summed E-state index contributed by atoms with van der Waals surface area (Å²) < 4.78 is 7.20. The molecule has 2 N–H and O–H groups in total. The lowest BCUT2D eigenvalue weighted by Gasteiger charge is -2.01. The molecule has 0 aliphatic rings. The van der Waals surface area contributed by atoms with Crippen molar-refractivity contribution >= 4 is 5.69 Å². The van der Waals surface area contributed by atoms with E-state index < -0.39 is 0 Å². The second kappa shape index (κ2) is 4.81. The number of ether oxygens (including phenoxy) is 1. The lowest BCUT2D eigenvalue weighted by Crippen LogP contribution is -1.94.